The Bertz CT molecular complexity index is 668. The van der Waals surface area contributed by atoms with E-state index in [1.165, 1.54) is 0 Å². The van der Waals surface area contributed by atoms with E-state index < -0.39 is 22.1 Å². The minimum absolute atomic E-state index is 0.0347. The second-order valence-corrected chi connectivity index (χ2v) is 11.4. The van der Waals surface area contributed by atoms with E-state index in [1.807, 2.05) is 36.4 Å². The van der Waals surface area contributed by atoms with Gasteiger partial charge in [0.1, 0.15) is 11.2 Å². The average molecular weight is 468 g/mol. The molecule has 0 unspecified atom stereocenters. The maximum absolute atomic E-state index is 12.0. The SMILES string of the molecule is O=c1c2ccccc2oc2ccccc12.[Cl][Hg][Cl]. The molecule has 88 valence electrons. The van der Waals surface area contributed by atoms with E-state index >= 15 is 0 Å². The van der Waals surface area contributed by atoms with E-state index in [0.29, 0.717) is 21.9 Å². The molecule has 5 heteroatoms. The van der Waals surface area contributed by atoms with Crippen LogP contribution in [-0.4, -0.2) is 0 Å². The molecular weight excluding hydrogens is 460 g/mol. The zero-order valence-electron chi connectivity index (χ0n) is 9.40. The van der Waals surface area contributed by atoms with E-state index in [0.717, 1.165) is 0 Å². The molecule has 0 aliphatic rings. The first-order valence-corrected chi connectivity index (χ1v) is 18.8. The zero-order valence-corrected chi connectivity index (χ0v) is 16.4. The predicted octanol–water partition coefficient (Wildman–Crippen LogP) is 4.32. The quantitative estimate of drug-likeness (QED) is 0.364. The maximum atomic E-state index is 12.0. The van der Waals surface area contributed by atoms with Gasteiger partial charge >= 0.3 is 38.6 Å². The Morgan fingerprint density at radius 2 is 1.22 bits per heavy atom. The molecule has 2 nitrogen and oxygen atoms in total. The molecule has 0 aliphatic carbocycles. The van der Waals surface area contributed by atoms with Gasteiger partial charge in [0.2, 0.25) is 5.43 Å². The van der Waals surface area contributed by atoms with Gasteiger partial charge in [-0.15, -0.1) is 0 Å². The van der Waals surface area contributed by atoms with E-state index in [-0.39, 0.29) is 5.43 Å². The molecule has 0 aliphatic heterocycles. The fraction of sp³-hybridized carbons (Fsp3) is 0. The molecule has 0 radical (unpaired) electrons. The van der Waals surface area contributed by atoms with Crippen LogP contribution >= 0.6 is 16.5 Å². The molecule has 0 bridgehead atoms. The molecule has 0 N–H and O–H groups in total. The normalized spacial score (nSPS) is 9.67. The van der Waals surface area contributed by atoms with Crippen LogP contribution in [0.25, 0.3) is 21.9 Å². The van der Waals surface area contributed by atoms with Crippen molar-refractivity contribution in [2.24, 2.45) is 0 Å². The van der Waals surface area contributed by atoms with Crippen molar-refractivity contribution in [1.29, 1.82) is 0 Å². The van der Waals surface area contributed by atoms with Gasteiger partial charge < -0.3 is 4.42 Å². The molecule has 0 spiro atoms. The van der Waals surface area contributed by atoms with Crippen molar-refractivity contribution in [3.63, 3.8) is 0 Å². The third-order valence-electron chi connectivity index (χ3n) is 2.48. The minimum atomic E-state index is -1.14. The van der Waals surface area contributed by atoms with Crippen molar-refractivity contribution in [2.45, 2.75) is 0 Å². The van der Waals surface area contributed by atoms with Crippen LogP contribution in [-0.2, 0) is 22.1 Å². The van der Waals surface area contributed by atoms with Gasteiger partial charge in [-0.05, 0) is 24.3 Å². The molecule has 1 aromatic heterocycles. The average Bonchev–Trinajstić information content (AvgIpc) is 2.40. The van der Waals surface area contributed by atoms with Crippen LogP contribution in [0.2, 0.25) is 0 Å². The first kappa shape index (κ1) is 13.8. The summed E-state index contributed by atoms with van der Waals surface area (Å²) in [6, 6.07) is 14.6. The van der Waals surface area contributed by atoms with E-state index in [4.69, 9.17) is 20.9 Å². The summed E-state index contributed by atoms with van der Waals surface area (Å²) in [6.45, 7) is 0. The molecule has 3 aromatic rings. The molecule has 2 aromatic carbocycles. The van der Waals surface area contributed by atoms with Crippen LogP contribution in [0.3, 0.4) is 0 Å². The summed E-state index contributed by atoms with van der Waals surface area (Å²) < 4.78 is 5.63. The molecule has 0 fully saturated rings. The number of halogens is 2. The monoisotopic (exact) mass is 468 g/mol. The van der Waals surface area contributed by atoms with Crippen molar-refractivity contribution < 1.29 is 26.5 Å². The fourth-order valence-corrected chi connectivity index (χ4v) is 1.75. The van der Waals surface area contributed by atoms with Crippen molar-refractivity contribution in [3.05, 3.63) is 58.8 Å². The van der Waals surface area contributed by atoms with Crippen molar-refractivity contribution in [3.8, 4) is 0 Å². The molecule has 0 saturated carbocycles. The van der Waals surface area contributed by atoms with Crippen LogP contribution in [0, 0.1) is 0 Å². The molecule has 0 amide bonds. The second kappa shape index (κ2) is 6.55. The van der Waals surface area contributed by atoms with Gasteiger partial charge in [0.15, 0.2) is 0 Å². The van der Waals surface area contributed by atoms with Crippen molar-refractivity contribution >= 4 is 38.4 Å². The van der Waals surface area contributed by atoms with Gasteiger partial charge in [-0.3, -0.25) is 4.79 Å². The summed E-state index contributed by atoms with van der Waals surface area (Å²) in [5, 5.41) is 1.27. The third kappa shape index (κ3) is 2.87. The Morgan fingerprint density at radius 3 is 1.67 bits per heavy atom. The first-order valence-electron chi connectivity index (χ1n) is 5.30. The van der Waals surface area contributed by atoms with Gasteiger partial charge in [-0.25, -0.2) is 0 Å². The standard InChI is InChI=1S/C13H8O2.2ClH.Hg/c14-13-9-5-1-3-7-11(9)15-12-8-4-2-6-10(12)13;;;/h1-8H;2*1H;/q;;;+2/p-2. The number of hydrogen-bond acceptors (Lipinski definition) is 2. The molecule has 0 saturated heterocycles. The van der Waals surface area contributed by atoms with E-state index in [9.17, 15) is 4.79 Å². The molecule has 18 heavy (non-hydrogen) atoms. The van der Waals surface area contributed by atoms with Gasteiger partial charge in [-0.1, -0.05) is 24.3 Å². The van der Waals surface area contributed by atoms with Crippen LogP contribution < -0.4 is 5.43 Å². The van der Waals surface area contributed by atoms with Crippen LogP contribution in [0.1, 0.15) is 0 Å². The zero-order chi connectivity index (χ0) is 13.0. The third-order valence-corrected chi connectivity index (χ3v) is 2.48. The Labute approximate surface area is 123 Å². The number of para-hydroxylation sites is 2. The first-order chi connectivity index (χ1) is 8.77. The van der Waals surface area contributed by atoms with E-state index in [2.05, 4.69) is 0 Å². The van der Waals surface area contributed by atoms with Crippen LogP contribution in [0.15, 0.2) is 57.7 Å². The molecular formula is C13H8Cl2HgO2. The van der Waals surface area contributed by atoms with Crippen LogP contribution in [0.4, 0.5) is 0 Å². The van der Waals surface area contributed by atoms with Gasteiger partial charge in [0.25, 0.3) is 0 Å². The Hall–Kier alpha value is -0.575. The Balaban J connectivity index is 0.000000367. The Kier molecular flexibility index (Phi) is 5.04. The van der Waals surface area contributed by atoms with Crippen molar-refractivity contribution in [1.82, 2.24) is 0 Å². The summed E-state index contributed by atoms with van der Waals surface area (Å²) in [7, 11) is 9.97. The second-order valence-electron chi connectivity index (χ2n) is 3.52. The fourth-order valence-electron chi connectivity index (χ4n) is 1.75. The Morgan fingerprint density at radius 1 is 0.833 bits per heavy atom. The molecule has 0 atom stereocenters. The predicted molar refractivity (Wildman–Crippen MR) is 71.7 cm³/mol. The molecule has 1 heterocycles. The number of fused-ring (bicyclic) bond motifs is 2. The summed E-state index contributed by atoms with van der Waals surface area (Å²) in [5.74, 6) is 0. The van der Waals surface area contributed by atoms with Gasteiger partial charge in [-0.2, -0.15) is 0 Å². The van der Waals surface area contributed by atoms with Crippen LogP contribution in [0.5, 0.6) is 0 Å². The van der Waals surface area contributed by atoms with Crippen molar-refractivity contribution in [2.75, 3.05) is 0 Å². The summed E-state index contributed by atoms with van der Waals surface area (Å²) in [4.78, 5) is 12.0. The summed E-state index contributed by atoms with van der Waals surface area (Å²) in [5.41, 5.74) is 1.31. The molecule has 3 rings (SSSR count). The van der Waals surface area contributed by atoms with E-state index in [1.54, 1.807) is 12.1 Å². The number of rotatable bonds is 0. The number of hydrogen-bond donors (Lipinski definition) is 0. The van der Waals surface area contributed by atoms with Gasteiger partial charge in [0.05, 0.1) is 10.8 Å². The number of benzene rings is 2. The summed E-state index contributed by atoms with van der Waals surface area (Å²) in [6.07, 6.45) is 0. The topological polar surface area (TPSA) is 30.2 Å². The van der Waals surface area contributed by atoms with Gasteiger partial charge in [0, 0.05) is 0 Å². The summed E-state index contributed by atoms with van der Waals surface area (Å²) >= 11 is -1.14.